The quantitative estimate of drug-likeness (QED) is 0.613. The van der Waals surface area contributed by atoms with Crippen LogP contribution in [0.15, 0.2) is 59.4 Å². The van der Waals surface area contributed by atoms with Crippen molar-refractivity contribution in [1.29, 1.82) is 0 Å². The first kappa shape index (κ1) is 22.2. The van der Waals surface area contributed by atoms with Crippen LogP contribution in [-0.4, -0.2) is 40.2 Å². The minimum absolute atomic E-state index is 0.111. The summed E-state index contributed by atoms with van der Waals surface area (Å²) in [5, 5.41) is 7.41. The predicted molar refractivity (Wildman–Crippen MR) is 122 cm³/mol. The van der Waals surface area contributed by atoms with Gasteiger partial charge in [-0.05, 0) is 57.1 Å². The molecule has 3 aromatic rings. The number of aromatic nitrogens is 2. The van der Waals surface area contributed by atoms with Crippen molar-refractivity contribution in [2.24, 2.45) is 0 Å². The van der Waals surface area contributed by atoms with Gasteiger partial charge in [-0.15, -0.1) is 0 Å². The molecule has 0 radical (unpaired) electrons. The smallest absolute Gasteiger partial charge is 0.275 e. The van der Waals surface area contributed by atoms with Crippen molar-refractivity contribution in [3.63, 3.8) is 0 Å². The molecule has 8 heteroatoms. The largest absolute Gasteiger partial charge is 0.349 e. The zero-order valence-corrected chi connectivity index (χ0v) is 18.5. The topological polar surface area (TPSA) is 67.2 Å². The first-order valence-electron chi connectivity index (χ1n) is 10.6. The van der Waals surface area contributed by atoms with Gasteiger partial charge in [-0.1, -0.05) is 35.9 Å². The molecule has 0 bridgehead atoms. The number of amides is 1. The fraction of sp³-hybridized carbons (Fsp3) is 0.292. The normalized spacial score (nSPS) is 15.0. The first-order valence-corrected chi connectivity index (χ1v) is 11.0. The molecule has 4 rings (SSSR count). The number of carbonyl (C=O) groups is 1. The van der Waals surface area contributed by atoms with Gasteiger partial charge in [-0.3, -0.25) is 14.5 Å². The zero-order chi connectivity index (χ0) is 22.7. The molecule has 2 aromatic carbocycles. The molecular formula is C24H24ClFN4O2. The molecule has 0 saturated carbocycles. The molecule has 1 aliphatic heterocycles. The molecule has 32 heavy (non-hydrogen) atoms. The van der Waals surface area contributed by atoms with Crippen LogP contribution in [0.3, 0.4) is 0 Å². The minimum Gasteiger partial charge on any atom is -0.349 e. The van der Waals surface area contributed by atoms with E-state index in [4.69, 9.17) is 11.6 Å². The van der Waals surface area contributed by atoms with Gasteiger partial charge in [0, 0.05) is 28.9 Å². The van der Waals surface area contributed by atoms with Crippen molar-refractivity contribution in [3.05, 3.63) is 92.6 Å². The number of rotatable bonds is 6. The van der Waals surface area contributed by atoms with Gasteiger partial charge < -0.3 is 5.32 Å². The Kier molecular flexibility index (Phi) is 6.67. The summed E-state index contributed by atoms with van der Waals surface area (Å²) in [5.41, 5.74) is 1.04. The Balaban J connectivity index is 1.61. The van der Waals surface area contributed by atoms with Crippen LogP contribution in [-0.2, 0) is 0 Å². The third-order valence-corrected chi connectivity index (χ3v) is 6.02. The molecule has 1 saturated heterocycles. The maximum atomic E-state index is 14.7. The average Bonchev–Trinajstić information content (AvgIpc) is 3.31. The highest BCUT2D eigenvalue weighted by atomic mass is 35.5. The van der Waals surface area contributed by atoms with E-state index in [1.165, 1.54) is 12.1 Å². The lowest BCUT2D eigenvalue weighted by Gasteiger charge is -2.29. The van der Waals surface area contributed by atoms with Crippen LogP contribution >= 0.6 is 11.6 Å². The summed E-state index contributed by atoms with van der Waals surface area (Å²) in [7, 11) is 0. The highest BCUT2D eigenvalue weighted by Gasteiger charge is 2.28. The standard InChI is InChI=1S/C24H24ClFN4O2/c1-16-14-21(31)23(28-30(16)17-8-3-2-4-9-17)24(32)27-15-20(29-12-5-6-13-29)22-18(25)10-7-11-19(22)26/h2-4,7-11,14,20H,5-6,12-13,15H2,1H3,(H,27,32). The van der Waals surface area contributed by atoms with Crippen LogP contribution in [0.5, 0.6) is 0 Å². The van der Waals surface area contributed by atoms with E-state index in [1.54, 1.807) is 23.7 Å². The molecular weight excluding hydrogens is 431 g/mol. The van der Waals surface area contributed by atoms with Gasteiger partial charge in [0.25, 0.3) is 5.91 Å². The Morgan fingerprint density at radius 2 is 1.88 bits per heavy atom. The highest BCUT2D eigenvalue weighted by Crippen LogP contribution is 2.32. The van der Waals surface area contributed by atoms with Crippen LogP contribution in [0.25, 0.3) is 5.69 Å². The molecule has 1 amide bonds. The lowest BCUT2D eigenvalue weighted by molar-refractivity contribution is 0.0929. The number of halogens is 2. The second-order valence-corrected chi connectivity index (χ2v) is 8.26. The molecule has 1 aromatic heterocycles. The number of nitrogens with zero attached hydrogens (tertiary/aromatic N) is 3. The molecule has 1 fully saturated rings. The fourth-order valence-corrected chi connectivity index (χ4v) is 4.39. The Hall–Kier alpha value is -3.03. The van der Waals surface area contributed by atoms with Gasteiger partial charge in [0.15, 0.2) is 5.69 Å². The number of carbonyl (C=O) groups excluding carboxylic acids is 1. The Labute approximate surface area is 190 Å². The van der Waals surface area contributed by atoms with Gasteiger partial charge in [-0.2, -0.15) is 5.10 Å². The number of hydrogen-bond acceptors (Lipinski definition) is 4. The van der Waals surface area contributed by atoms with Crippen molar-refractivity contribution < 1.29 is 9.18 Å². The molecule has 1 unspecified atom stereocenters. The Morgan fingerprint density at radius 1 is 1.16 bits per heavy atom. The van der Waals surface area contributed by atoms with Gasteiger partial charge >= 0.3 is 0 Å². The van der Waals surface area contributed by atoms with E-state index in [0.717, 1.165) is 31.6 Å². The predicted octanol–water partition coefficient (Wildman–Crippen LogP) is 3.90. The second-order valence-electron chi connectivity index (χ2n) is 7.85. The summed E-state index contributed by atoms with van der Waals surface area (Å²) in [5.74, 6) is -1.01. The SMILES string of the molecule is Cc1cc(=O)c(C(=O)NCC(c2c(F)cccc2Cl)N2CCCC2)nn1-c1ccccc1. The van der Waals surface area contributed by atoms with E-state index in [-0.39, 0.29) is 12.2 Å². The van der Waals surface area contributed by atoms with Crippen molar-refractivity contribution in [3.8, 4) is 5.69 Å². The summed E-state index contributed by atoms with van der Waals surface area (Å²) in [6, 6.07) is 14.8. The molecule has 1 N–H and O–H groups in total. The summed E-state index contributed by atoms with van der Waals surface area (Å²) in [6.45, 7) is 3.44. The average molecular weight is 455 g/mol. The summed E-state index contributed by atoms with van der Waals surface area (Å²) in [4.78, 5) is 27.6. The molecule has 6 nitrogen and oxygen atoms in total. The summed E-state index contributed by atoms with van der Waals surface area (Å²) >= 11 is 6.32. The summed E-state index contributed by atoms with van der Waals surface area (Å²) < 4.78 is 16.2. The molecule has 0 spiro atoms. The van der Waals surface area contributed by atoms with E-state index in [1.807, 2.05) is 30.3 Å². The van der Waals surface area contributed by atoms with Crippen LogP contribution in [0, 0.1) is 12.7 Å². The van der Waals surface area contributed by atoms with E-state index >= 15 is 0 Å². The lowest BCUT2D eigenvalue weighted by atomic mass is 10.0. The number of nitrogens with one attached hydrogen (secondary N) is 1. The van der Waals surface area contributed by atoms with Crippen molar-refractivity contribution >= 4 is 17.5 Å². The van der Waals surface area contributed by atoms with Crippen molar-refractivity contribution in [2.75, 3.05) is 19.6 Å². The van der Waals surface area contributed by atoms with Crippen LogP contribution in [0.1, 0.15) is 40.6 Å². The van der Waals surface area contributed by atoms with Gasteiger partial charge in [-0.25, -0.2) is 9.07 Å². The van der Waals surface area contributed by atoms with Crippen molar-refractivity contribution in [2.45, 2.75) is 25.8 Å². The van der Waals surface area contributed by atoms with E-state index in [9.17, 15) is 14.0 Å². The number of hydrogen-bond donors (Lipinski definition) is 1. The monoisotopic (exact) mass is 454 g/mol. The second kappa shape index (κ2) is 9.63. The lowest BCUT2D eigenvalue weighted by Crippen LogP contribution is -2.39. The summed E-state index contributed by atoms with van der Waals surface area (Å²) in [6.07, 6.45) is 2.00. The zero-order valence-electron chi connectivity index (χ0n) is 17.7. The molecule has 166 valence electrons. The van der Waals surface area contributed by atoms with Crippen LogP contribution in [0.2, 0.25) is 5.02 Å². The molecule has 1 aliphatic rings. The number of likely N-dealkylation sites (tertiary alicyclic amines) is 1. The number of aryl methyl sites for hydroxylation is 1. The van der Waals surface area contributed by atoms with Gasteiger partial charge in [0.1, 0.15) is 5.82 Å². The fourth-order valence-electron chi connectivity index (χ4n) is 4.10. The maximum Gasteiger partial charge on any atom is 0.275 e. The Bertz CT molecular complexity index is 1160. The third kappa shape index (κ3) is 4.59. The number of benzene rings is 2. The molecule has 0 aliphatic carbocycles. The van der Waals surface area contributed by atoms with Crippen LogP contribution in [0.4, 0.5) is 4.39 Å². The minimum atomic E-state index is -0.601. The highest BCUT2D eigenvalue weighted by molar-refractivity contribution is 6.31. The number of para-hydroxylation sites is 1. The molecule has 2 heterocycles. The van der Waals surface area contributed by atoms with E-state index in [0.29, 0.717) is 16.3 Å². The van der Waals surface area contributed by atoms with Crippen LogP contribution < -0.4 is 10.7 Å². The van der Waals surface area contributed by atoms with Gasteiger partial charge in [0.2, 0.25) is 5.43 Å². The maximum absolute atomic E-state index is 14.7. The Morgan fingerprint density at radius 3 is 2.56 bits per heavy atom. The van der Waals surface area contributed by atoms with E-state index in [2.05, 4.69) is 15.3 Å². The third-order valence-electron chi connectivity index (χ3n) is 5.69. The molecule has 1 atom stereocenters. The van der Waals surface area contributed by atoms with E-state index < -0.39 is 23.2 Å². The van der Waals surface area contributed by atoms with Crippen molar-refractivity contribution in [1.82, 2.24) is 20.0 Å². The van der Waals surface area contributed by atoms with Gasteiger partial charge in [0.05, 0.1) is 11.7 Å². The first-order chi connectivity index (χ1) is 15.5.